The number of ether oxygens (including phenoxy) is 2. The standard InChI is InChI=1S/C12H21O4Si/c1-4-15-12(16-5-2)10(7-6-8-17)9(3)11(13)14/h12H,4-8H2,1-3H3,(H,13,14). The van der Waals surface area contributed by atoms with Gasteiger partial charge in [-0.05, 0) is 32.8 Å². The molecule has 0 spiro atoms. The smallest absolute Gasteiger partial charge is 0.331 e. The molecule has 0 aromatic heterocycles. The first-order chi connectivity index (χ1) is 8.08. The van der Waals surface area contributed by atoms with Crippen molar-refractivity contribution in [2.75, 3.05) is 13.2 Å². The molecule has 0 aromatic carbocycles. The number of carbonyl (C=O) groups is 1. The van der Waals surface area contributed by atoms with E-state index in [0.29, 0.717) is 25.2 Å². The van der Waals surface area contributed by atoms with E-state index in [9.17, 15) is 4.79 Å². The summed E-state index contributed by atoms with van der Waals surface area (Å²) in [5, 5.41) is 9.06. The van der Waals surface area contributed by atoms with Crippen LogP contribution in [0.5, 0.6) is 0 Å². The Labute approximate surface area is 106 Å². The maximum atomic E-state index is 11.0. The third-order valence-corrected chi connectivity index (χ3v) is 2.70. The first-order valence-electron chi connectivity index (χ1n) is 5.89. The van der Waals surface area contributed by atoms with Gasteiger partial charge in [0.15, 0.2) is 6.29 Å². The van der Waals surface area contributed by atoms with Gasteiger partial charge < -0.3 is 14.6 Å². The Hall–Kier alpha value is -0.653. The molecule has 17 heavy (non-hydrogen) atoms. The molecular weight excluding hydrogens is 236 g/mol. The second-order valence-electron chi connectivity index (χ2n) is 3.55. The summed E-state index contributed by atoms with van der Waals surface area (Å²) < 4.78 is 10.9. The van der Waals surface area contributed by atoms with Gasteiger partial charge in [-0.25, -0.2) is 4.79 Å². The Bertz CT molecular complexity index is 257. The van der Waals surface area contributed by atoms with Crippen molar-refractivity contribution < 1.29 is 19.4 Å². The lowest BCUT2D eigenvalue weighted by Crippen LogP contribution is -2.23. The minimum Gasteiger partial charge on any atom is -0.478 e. The van der Waals surface area contributed by atoms with Crippen molar-refractivity contribution >= 4 is 16.2 Å². The van der Waals surface area contributed by atoms with E-state index in [2.05, 4.69) is 10.2 Å². The van der Waals surface area contributed by atoms with Crippen LogP contribution in [0.4, 0.5) is 0 Å². The van der Waals surface area contributed by atoms with E-state index >= 15 is 0 Å². The van der Waals surface area contributed by atoms with Gasteiger partial charge in [0.25, 0.3) is 0 Å². The predicted octanol–water partition coefficient (Wildman–Crippen LogP) is 2.15. The van der Waals surface area contributed by atoms with Gasteiger partial charge in [0, 0.05) is 29.0 Å². The molecule has 0 atom stereocenters. The van der Waals surface area contributed by atoms with Crippen molar-refractivity contribution in [1.29, 1.82) is 0 Å². The average Bonchev–Trinajstić information content (AvgIpc) is 2.29. The normalized spacial score (nSPS) is 12.8. The molecule has 0 bridgehead atoms. The molecule has 0 amide bonds. The van der Waals surface area contributed by atoms with E-state index in [1.165, 1.54) is 0 Å². The highest BCUT2D eigenvalue weighted by Gasteiger charge is 2.19. The van der Waals surface area contributed by atoms with Crippen molar-refractivity contribution in [3.05, 3.63) is 11.1 Å². The summed E-state index contributed by atoms with van der Waals surface area (Å²) in [7, 11) is 3.39. The van der Waals surface area contributed by atoms with Crippen molar-refractivity contribution in [3.63, 3.8) is 0 Å². The van der Waals surface area contributed by atoms with Gasteiger partial charge >= 0.3 is 5.97 Å². The molecule has 97 valence electrons. The molecule has 0 rings (SSSR count). The number of rotatable bonds is 9. The lowest BCUT2D eigenvalue weighted by Gasteiger charge is -2.21. The van der Waals surface area contributed by atoms with Crippen molar-refractivity contribution in [1.82, 2.24) is 0 Å². The maximum absolute atomic E-state index is 11.0. The summed E-state index contributed by atoms with van der Waals surface area (Å²) in [4.78, 5) is 11.0. The van der Waals surface area contributed by atoms with E-state index in [1.54, 1.807) is 6.92 Å². The largest absolute Gasteiger partial charge is 0.478 e. The Morgan fingerprint density at radius 1 is 1.29 bits per heavy atom. The fraction of sp³-hybridized carbons (Fsp3) is 0.750. The van der Waals surface area contributed by atoms with E-state index in [0.717, 1.165) is 18.0 Å². The first-order valence-corrected chi connectivity index (χ1v) is 6.59. The van der Waals surface area contributed by atoms with E-state index in [-0.39, 0.29) is 0 Å². The lowest BCUT2D eigenvalue weighted by atomic mass is 10.0. The Morgan fingerprint density at radius 3 is 2.18 bits per heavy atom. The molecule has 0 heterocycles. The molecule has 1 N–H and O–H groups in total. The highest BCUT2D eigenvalue weighted by atomic mass is 28.1. The van der Waals surface area contributed by atoms with Gasteiger partial charge in [-0.15, -0.1) is 0 Å². The van der Waals surface area contributed by atoms with Gasteiger partial charge in [0.1, 0.15) is 0 Å². The monoisotopic (exact) mass is 257 g/mol. The van der Waals surface area contributed by atoms with Crippen LogP contribution in [0, 0.1) is 0 Å². The molecule has 0 aromatic rings. The summed E-state index contributed by atoms with van der Waals surface area (Å²) in [6.07, 6.45) is 0.971. The van der Waals surface area contributed by atoms with Crippen LogP contribution in [0.1, 0.15) is 33.6 Å². The van der Waals surface area contributed by atoms with Gasteiger partial charge in [-0.3, -0.25) is 0 Å². The van der Waals surface area contributed by atoms with Crippen LogP contribution in [0.2, 0.25) is 6.04 Å². The average molecular weight is 257 g/mol. The van der Waals surface area contributed by atoms with E-state index in [4.69, 9.17) is 14.6 Å². The topological polar surface area (TPSA) is 55.8 Å². The maximum Gasteiger partial charge on any atom is 0.331 e. The van der Waals surface area contributed by atoms with Crippen LogP contribution in [-0.2, 0) is 14.3 Å². The molecule has 0 unspecified atom stereocenters. The molecule has 0 aliphatic heterocycles. The second kappa shape index (κ2) is 9.38. The van der Waals surface area contributed by atoms with Crippen LogP contribution in [0.25, 0.3) is 0 Å². The molecule has 0 fully saturated rings. The van der Waals surface area contributed by atoms with Crippen LogP contribution < -0.4 is 0 Å². The molecule has 5 heteroatoms. The summed E-state index contributed by atoms with van der Waals surface area (Å²) >= 11 is 0. The molecule has 0 aliphatic carbocycles. The minimum absolute atomic E-state index is 0.317. The minimum atomic E-state index is -0.918. The quantitative estimate of drug-likeness (QED) is 0.391. The molecule has 4 nitrogen and oxygen atoms in total. The zero-order chi connectivity index (χ0) is 13.3. The number of hydrogen-bond acceptors (Lipinski definition) is 3. The lowest BCUT2D eigenvalue weighted by molar-refractivity contribution is -0.134. The number of carboxylic acid groups (broad SMARTS) is 1. The molecule has 0 aliphatic rings. The zero-order valence-electron chi connectivity index (χ0n) is 10.8. The summed E-state index contributed by atoms with van der Waals surface area (Å²) in [6, 6.07) is 0.821. The van der Waals surface area contributed by atoms with Crippen LogP contribution >= 0.6 is 0 Å². The molecule has 0 saturated heterocycles. The molecule has 3 radical (unpaired) electrons. The summed E-state index contributed by atoms with van der Waals surface area (Å²) in [6.45, 7) is 6.31. The third-order valence-electron chi connectivity index (χ3n) is 2.35. The van der Waals surface area contributed by atoms with Crippen LogP contribution in [0.15, 0.2) is 11.1 Å². The molecule has 0 saturated carbocycles. The Balaban J connectivity index is 4.96. The van der Waals surface area contributed by atoms with E-state index < -0.39 is 12.3 Å². The highest BCUT2D eigenvalue weighted by molar-refractivity contribution is 6.08. The van der Waals surface area contributed by atoms with Crippen molar-refractivity contribution in [2.24, 2.45) is 0 Å². The SMILES string of the molecule is CCOC(OCC)C(CCC[Si])=C(C)C(=O)O. The number of carboxylic acids is 1. The fourth-order valence-electron chi connectivity index (χ4n) is 1.45. The van der Waals surface area contributed by atoms with E-state index in [1.807, 2.05) is 13.8 Å². The first kappa shape index (κ1) is 16.3. The Kier molecular flexibility index (Phi) is 9.02. The predicted molar refractivity (Wildman–Crippen MR) is 67.2 cm³/mol. The van der Waals surface area contributed by atoms with Gasteiger partial charge in [-0.2, -0.15) is 0 Å². The summed E-state index contributed by atoms with van der Waals surface area (Å²) in [5.41, 5.74) is 1.04. The van der Waals surface area contributed by atoms with Crippen LogP contribution in [-0.4, -0.2) is 40.8 Å². The third kappa shape index (κ3) is 6.00. The second-order valence-corrected chi connectivity index (χ2v) is 4.05. The van der Waals surface area contributed by atoms with Gasteiger partial charge in [0.2, 0.25) is 0 Å². The van der Waals surface area contributed by atoms with Crippen LogP contribution in [0.3, 0.4) is 0 Å². The summed E-state index contributed by atoms with van der Waals surface area (Å²) in [5.74, 6) is -0.918. The Morgan fingerprint density at radius 2 is 1.82 bits per heavy atom. The van der Waals surface area contributed by atoms with Gasteiger partial charge in [-0.1, -0.05) is 12.5 Å². The van der Waals surface area contributed by atoms with Crippen molar-refractivity contribution in [3.8, 4) is 0 Å². The number of aliphatic carboxylic acids is 1. The van der Waals surface area contributed by atoms with Gasteiger partial charge in [0.05, 0.1) is 0 Å². The molecular formula is C12H21O4Si. The fourth-order valence-corrected chi connectivity index (χ4v) is 1.63. The van der Waals surface area contributed by atoms with Crippen molar-refractivity contribution in [2.45, 2.75) is 45.9 Å². The number of hydrogen-bond donors (Lipinski definition) is 1. The highest BCUT2D eigenvalue weighted by Crippen LogP contribution is 2.20. The zero-order valence-corrected chi connectivity index (χ0v) is 11.8.